The molecule has 21 heavy (non-hydrogen) atoms. The monoisotopic (exact) mass is 285 g/mol. The van der Waals surface area contributed by atoms with Crippen molar-refractivity contribution in [2.75, 3.05) is 17.2 Å². The van der Waals surface area contributed by atoms with Gasteiger partial charge in [-0.1, -0.05) is 11.6 Å². The molecule has 2 N–H and O–H groups in total. The number of hydrogen-bond donors (Lipinski definition) is 2. The van der Waals surface area contributed by atoms with Crippen molar-refractivity contribution < 1.29 is 4.79 Å². The summed E-state index contributed by atoms with van der Waals surface area (Å²) in [5.74, 6) is 0.966. The van der Waals surface area contributed by atoms with Crippen LogP contribution in [0.2, 0.25) is 0 Å². The molecule has 0 bridgehead atoms. The standard InChI is InChI=1S/C17H23N3O/c21-17(14-6-7-14)20-16-9-8-15(12-19-16)18-11-10-13-4-2-1-3-5-13/h4,8-9,12,14,18H,1-3,5-7,10-11H2,(H,19,20,21). The van der Waals surface area contributed by atoms with Gasteiger partial charge in [0.05, 0.1) is 11.9 Å². The number of carbonyl (C=O) groups is 1. The fourth-order valence-corrected chi connectivity index (χ4v) is 2.65. The van der Waals surface area contributed by atoms with Gasteiger partial charge in [-0.2, -0.15) is 0 Å². The maximum atomic E-state index is 11.6. The Morgan fingerprint density at radius 3 is 2.86 bits per heavy atom. The topological polar surface area (TPSA) is 54.0 Å². The summed E-state index contributed by atoms with van der Waals surface area (Å²) < 4.78 is 0. The maximum Gasteiger partial charge on any atom is 0.228 e. The van der Waals surface area contributed by atoms with Crippen LogP contribution in [0.3, 0.4) is 0 Å². The van der Waals surface area contributed by atoms with Crippen molar-refractivity contribution in [3.63, 3.8) is 0 Å². The summed E-state index contributed by atoms with van der Waals surface area (Å²) in [7, 11) is 0. The molecule has 1 fully saturated rings. The van der Waals surface area contributed by atoms with Gasteiger partial charge in [0.1, 0.15) is 5.82 Å². The summed E-state index contributed by atoms with van der Waals surface area (Å²) in [6, 6.07) is 3.84. The first-order chi connectivity index (χ1) is 10.3. The van der Waals surface area contributed by atoms with Gasteiger partial charge in [-0.15, -0.1) is 0 Å². The lowest BCUT2D eigenvalue weighted by Gasteiger charge is -2.13. The Bertz CT molecular complexity index is 517. The summed E-state index contributed by atoms with van der Waals surface area (Å²) in [6.07, 6.45) is 12.5. The van der Waals surface area contributed by atoms with Crippen molar-refractivity contribution in [2.24, 2.45) is 5.92 Å². The molecule has 112 valence electrons. The molecule has 0 spiro atoms. The molecule has 1 amide bonds. The molecule has 0 aliphatic heterocycles. The highest BCUT2D eigenvalue weighted by molar-refractivity contribution is 5.93. The summed E-state index contributed by atoms with van der Waals surface area (Å²) in [6.45, 7) is 0.946. The normalized spacial score (nSPS) is 18.0. The van der Waals surface area contributed by atoms with Crippen LogP contribution in [-0.4, -0.2) is 17.4 Å². The Morgan fingerprint density at radius 2 is 2.19 bits per heavy atom. The van der Waals surface area contributed by atoms with Gasteiger partial charge in [0.15, 0.2) is 0 Å². The van der Waals surface area contributed by atoms with E-state index >= 15 is 0 Å². The minimum Gasteiger partial charge on any atom is -0.383 e. The van der Waals surface area contributed by atoms with Crippen molar-refractivity contribution in [1.82, 2.24) is 4.98 Å². The molecule has 0 atom stereocenters. The van der Waals surface area contributed by atoms with E-state index in [1.807, 2.05) is 12.1 Å². The lowest BCUT2D eigenvalue weighted by molar-refractivity contribution is -0.117. The Hall–Kier alpha value is -1.84. The van der Waals surface area contributed by atoms with Crippen LogP contribution >= 0.6 is 0 Å². The first-order valence-electron chi connectivity index (χ1n) is 8.00. The molecule has 0 unspecified atom stereocenters. The van der Waals surface area contributed by atoms with Crippen LogP contribution in [0.4, 0.5) is 11.5 Å². The largest absolute Gasteiger partial charge is 0.383 e. The smallest absolute Gasteiger partial charge is 0.228 e. The zero-order chi connectivity index (χ0) is 14.5. The fraction of sp³-hybridized carbons (Fsp3) is 0.529. The number of rotatable bonds is 6. The summed E-state index contributed by atoms with van der Waals surface area (Å²) in [5, 5.41) is 6.24. The highest BCUT2D eigenvalue weighted by Crippen LogP contribution is 2.30. The van der Waals surface area contributed by atoms with E-state index in [0.717, 1.165) is 31.5 Å². The van der Waals surface area contributed by atoms with Gasteiger partial charge < -0.3 is 10.6 Å². The van der Waals surface area contributed by atoms with Crippen LogP contribution in [0, 0.1) is 5.92 Å². The molecule has 1 heterocycles. The SMILES string of the molecule is O=C(Nc1ccc(NCCC2=CCCCC2)cn1)C1CC1. The minimum absolute atomic E-state index is 0.104. The first-order valence-corrected chi connectivity index (χ1v) is 8.00. The predicted octanol–water partition coefficient (Wildman–Crippen LogP) is 3.73. The number of aromatic nitrogens is 1. The molecule has 2 aliphatic carbocycles. The van der Waals surface area contributed by atoms with E-state index in [2.05, 4.69) is 21.7 Å². The molecule has 0 radical (unpaired) electrons. The van der Waals surface area contributed by atoms with Crippen molar-refractivity contribution in [3.8, 4) is 0 Å². The summed E-state index contributed by atoms with van der Waals surface area (Å²) in [5.41, 5.74) is 2.59. The van der Waals surface area contributed by atoms with Crippen molar-refractivity contribution in [1.29, 1.82) is 0 Å². The van der Waals surface area contributed by atoms with Crippen molar-refractivity contribution >= 4 is 17.4 Å². The maximum absolute atomic E-state index is 11.6. The van der Waals surface area contributed by atoms with Gasteiger partial charge in [0, 0.05) is 12.5 Å². The zero-order valence-electron chi connectivity index (χ0n) is 12.4. The highest BCUT2D eigenvalue weighted by Gasteiger charge is 2.29. The third kappa shape index (κ3) is 4.31. The summed E-state index contributed by atoms with van der Waals surface area (Å²) in [4.78, 5) is 15.9. The number of nitrogens with one attached hydrogen (secondary N) is 2. The number of nitrogens with zero attached hydrogens (tertiary/aromatic N) is 1. The fourth-order valence-electron chi connectivity index (χ4n) is 2.65. The van der Waals surface area contributed by atoms with E-state index < -0.39 is 0 Å². The molecule has 1 aromatic heterocycles. The average molecular weight is 285 g/mol. The molecule has 1 saturated carbocycles. The van der Waals surface area contributed by atoms with E-state index in [1.54, 1.807) is 11.8 Å². The third-order valence-corrected chi connectivity index (χ3v) is 4.12. The van der Waals surface area contributed by atoms with Crippen molar-refractivity contribution in [2.45, 2.75) is 44.9 Å². The van der Waals surface area contributed by atoms with Crippen LogP contribution in [0.1, 0.15) is 44.9 Å². The second-order valence-electron chi connectivity index (χ2n) is 5.98. The van der Waals surface area contributed by atoms with Gasteiger partial charge in [-0.25, -0.2) is 4.98 Å². The molecule has 0 aromatic carbocycles. The lowest BCUT2D eigenvalue weighted by atomic mass is 9.97. The molecule has 2 aliphatic rings. The lowest BCUT2D eigenvalue weighted by Crippen LogP contribution is -2.14. The third-order valence-electron chi connectivity index (χ3n) is 4.12. The van der Waals surface area contributed by atoms with Crippen LogP contribution in [0.5, 0.6) is 0 Å². The molecule has 0 saturated heterocycles. The van der Waals surface area contributed by atoms with Crippen LogP contribution < -0.4 is 10.6 Å². The van der Waals surface area contributed by atoms with Gasteiger partial charge in [0.2, 0.25) is 5.91 Å². The Kier molecular flexibility index (Phi) is 4.53. The number of anilines is 2. The number of allylic oxidation sites excluding steroid dienone is 1. The van der Waals surface area contributed by atoms with E-state index in [-0.39, 0.29) is 11.8 Å². The Labute approximate surface area is 126 Å². The molecule has 1 aromatic rings. The zero-order valence-corrected chi connectivity index (χ0v) is 12.4. The average Bonchev–Trinajstić information content (AvgIpc) is 3.35. The minimum atomic E-state index is 0.104. The van der Waals surface area contributed by atoms with Crippen LogP contribution in [-0.2, 0) is 4.79 Å². The van der Waals surface area contributed by atoms with Gasteiger partial charge in [0.25, 0.3) is 0 Å². The molecule has 4 heteroatoms. The van der Waals surface area contributed by atoms with E-state index in [0.29, 0.717) is 5.82 Å². The Balaban J connectivity index is 1.43. The number of pyridine rings is 1. The summed E-state index contributed by atoms with van der Waals surface area (Å²) >= 11 is 0. The second-order valence-corrected chi connectivity index (χ2v) is 5.98. The van der Waals surface area contributed by atoms with E-state index in [1.165, 1.54) is 25.7 Å². The molecular formula is C17H23N3O. The Morgan fingerprint density at radius 1 is 1.29 bits per heavy atom. The van der Waals surface area contributed by atoms with Crippen molar-refractivity contribution in [3.05, 3.63) is 30.0 Å². The predicted molar refractivity (Wildman–Crippen MR) is 85.2 cm³/mol. The first kappa shape index (κ1) is 14.1. The number of amides is 1. The van der Waals surface area contributed by atoms with Crippen LogP contribution in [0.25, 0.3) is 0 Å². The molecular weight excluding hydrogens is 262 g/mol. The van der Waals surface area contributed by atoms with Crippen LogP contribution in [0.15, 0.2) is 30.0 Å². The molecule has 3 rings (SSSR count). The van der Waals surface area contributed by atoms with E-state index in [4.69, 9.17) is 0 Å². The quantitative estimate of drug-likeness (QED) is 0.783. The highest BCUT2D eigenvalue weighted by atomic mass is 16.2. The second kappa shape index (κ2) is 6.74. The number of carbonyl (C=O) groups excluding carboxylic acids is 1. The van der Waals surface area contributed by atoms with Gasteiger partial charge >= 0.3 is 0 Å². The number of hydrogen-bond acceptors (Lipinski definition) is 3. The van der Waals surface area contributed by atoms with E-state index in [9.17, 15) is 4.79 Å². The van der Waals surface area contributed by atoms with Gasteiger partial charge in [-0.05, 0) is 57.1 Å². The van der Waals surface area contributed by atoms with Gasteiger partial charge in [-0.3, -0.25) is 4.79 Å². The molecule has 4 nitrogen and oxygen atoms in total.